The Morgan fingerprint density at radius 1 is 1.77 bits per heavy atom. The van der Waals surface area contributed by atoms with E-state index in [2.05, 4.69) is 5.32 Å². The van der Waals surface area contributed by atoms with E-state index in [-0.39, 0.29) is 12.3 Å². The number of ketones is 1. The fourth-order valence-electron chi connectivity index (χ4n) is 0.938. The number of hydrogen-bond acceptors (Lipinski definition) is 4. The van der Waals surface area contributed by atoms with Crippen LogP contribution in [0.4, 0.5) is 15.1 Å². The van der Waals surface area contributed by atoms with E-state index >= 15 is 0 Å². The van der Waals surface area contributed by atoms with Crippen LogP contribution in [0.2, 0.25) is 0 Å². The Balaban J connectivity index is 2.76. The molecule has 0 aliphatic carbocycles. The van der Waals surface area contributed by atoms with Gasteiger partial charge >= 0.3 is 0 Å². The van der Waals surface area contributed by atoms with E-state index in [0.717, 1.165) is 5.00 Å². The average molecular weight is 202 g/mol. The number of thiophene rings is 1. The molecule has 0 aromatic carbocycles. The Morgan fingerprint density at radius 2 is 2.46 bits per heavy atom. The minimum absolute atomic E-state index is 0.0594. The monoisotopic (exact) mass is 202 g/mol. The SMILES string of the molecule is CC(=O)c1sc(NCCF)cc1N. The third kappa shape index (κ3) is 2.42. The highest BCUT2D eigenvalue weighted by Gasteiger charge is 2.09. The molecule has 0 unspecified atom stereocenters. The molecule has 0 bridgehead atoms. The minimum Gasteiger partial charge on any atom is -0.397 e. The lowest BCUT2D eigenvalue weighted by Gasteiger charge is -1.96. The smallest absolute Gasteiger partial charge is 0.171 e. The highest BCUT2D eigenvalue weighted by atomic mass is 32.1. The van der Waals surface area contributed by atoms with Crippen molar-refractivity contribution in [3.05, 3.63) is 10.9 Å². The zero-order valence-corrected chi connectivity index (χ0v) is 8.08. The predicted molar refractivity (Wildman–Crippen MR) is 53.2 cm³/mol. The Hall–Kier alpha value is -1.10. The molecule has 0 atom stereocenters. The molecule has 1 aromatic heterocycles. The molecule has 1 rings (SSSR count). The molecular weight excluding hydrogens is 191 g/mol. The van der Waals surface area contributed by atoms with Crippen molar-refractivity contribution >= 4 is 27.8 Å². The van der Waals surface area contributed by atoms with Crippen molar-refractivity contribution in [3.63, 3.8) is 0 Å². The third-order valence-electron chi connectivity index (χ3n) is 1.47. The number of carbonyl (C=O) groups excluding carboxylic acids is 1. The van der Waals surface area contributed by atoms with Crippen molar-refractivity contribution in [2.75, 3.05) is 24.3 Å². The van der Waals surface area contributed by atoms with Gasteiger partial charge in [-0.25, -0.2) is 4.39 Å². The largest absolute Gasteiger partial charge is 0.397 e. The third-order valence-corrected chi connectivity index (χ3v) is 2.68. The van der Waals surface area contributed by atoms with E-state index < -0.39 is 6.67 Å². The first-order valence-corrected chi connectivity index (χ1v) is 4.67. The molecule has 0 spiro atoms. The van der Waals surface area contributed by atoms with Gasteiger partial charge in [0.2, 0.25) is 0 Å². The van der Waals surface area contributed by atoms with Crippen LogP contribution in [0.1, 0.15) is 16.6 Å². The molecule has 3 N–H and O–H groups in total. The van der Waals surface area contributed by atoms with Crippen LogP contribution >= 0.6 is 11.3 Å². The van der Waals surface area contributed by atoms with Crippen molar-refractivity contribution in [1.29, 1.82) is 0 Å². The van der Waals surface area contributed by atoms with Gasteiger partial charge in [-0.2, -0.15) is 0 Å². The molecule has 0 fully saturated rings. The van der Waals surface area contributed by atoms with Gasteiger partial charge in [-0.1, -0.05) is 0 Å². The maximum Gasteiger partial charge on any atom is 0.171 e. The van der Waals surface area contributed by atoms with E-state index in [1.807, 2.05) is 0 Å². The van der Waals surface area contributed by atoms with Gasteiger partial charge in [-0.3, -0.25) is 4.79 Å². The number of anilines is 2. The molecule has 0 radical (unpaired) electrons. The molecule has 0 aliphatic rings. The van der Waals surface area contributed by atoms with Crippen LogP contribution in [0.3, 0.4) is 0 Å². The molecule has 0 aliphatic heterocycles. The minimum atomic E-state index is -0.437. The van der Waals surface area contributed by atoms with Crippen molar-refractivity contribution in [2.45, 2.75) is 6.92 Å². The molecule has 0 saturated carbocycles. The van der Waals surface area contributed by atoms with Crippen molar-refractivity contribution in [3.8, 4) is 0 Å². The Labute approximate surface area is 79.7 Å². The zero-order chi connectivity index (χ0) is 9.84. The molecule has 0 amide bonds. The van der Waals surface area contributed by atoms with Crippen LogP contribution in [0.25, 0.3) is 0 Å². The van der Waals surface area contributed by atoms with Gasteiger partial charge in [-0.05, 0) is 6.07 Å². The van der Waals surface area contributed by atoms with Crippen LogP contribution in [0.15, 0.2) is 6.07 Å². The van der Waals surface area contributed by atoms with Crippen molar-refractivity contribution in [2.24, 2.45) is 0 Å². The first-order valence-electron chi connectivity index (χ1n) is 3.85. The second-order valence-corrected chi connectivity index (χ2v) is 3.62. The summed E-state index contributed by atoms with van der Waals surface area (Å²) in [6.45, 7) is 1.27. The normalized spacial score (nSPS) is 10.0. The maximum atomic E-state index is 11.8. The second-order valence-electron chi connectivity index (χ2n) is 2.57. The Morgan fingerprint density at radius 3 is 2.92 bits per heavy atom. The summed E-state index contributed by atoms with van der Waals surface area (Å²) in [6, 6.07) is 1.65. The zero-order valence-electron chi connectivity index (χ0n) is 7.26. The summed E-state index contributed by atoms with van der Waals surface area (Å²) in [7, 11) is 0. The second kappa shape index (κ2) is 4.23. The number of halogens is 1. The first-order chi connectivity index (χ1) is 6.15. The van der Waals surface area contributed by atoms with Gasteiger partial charge in [0.25, 0.3) is 0 Å². The van der Waals surface area contributed by atoms with E-state index in [9.17, 15) is 9.18 Å². The summed E-state index contributed by atoms with van der Waals surface area (Å²) in [5.41, 5.74) is 6.03. The number of alkyl halides is 1. The average Bonchev–Trinajstić information content (AvgIpc) is 2.43. The van der Waals surface area contributed by atoms with Crippen LogP contribution in [0, 0.1) is 0 Å². The molecule has 0 saturated heterocycles. The van der Waals surface area contributed by atoms with Crippen LogP contribution in [-0.2, 0) is 0 Å². The number of nitrogens with two attached hydrogens (primary N) is 1. The van der Waals surface area contributed by atoms with E-state index in [1.165, 1.54) is 18.3 Å². The van der Waals surface area contributed by atoms with Gasteiger partial charge in [0, 0.05) is 13.5 Å². The molecule has 1 heterocycles. The molecule has 3 nitrogen and oxygen atoms in total. The number of hydrogen-bond donors (Lipinski definition) is 2. The lowest BCUT2D eigenvalue weighted by molar-refractivity contribution is 0.102. The number of Topliss-reactive ketones (excluding diaryl/α,β-unsaturated/α-hetero) is 1. The molecular formula is C8H11FN2OS. The number of rotatable bonds is 4. The van der Waals surface area contributed by atoms with Crippen LogP contribution in [-0.4, -0.2) is 19.0 Å². The summed E-state index contributed by atoms with van der Waals surface area (Å²) in [4.78, 5) is 11.5. The van der Waals surface area contributed by atoms with Gasteiger partial charge in [0.05, 0.1) is 15.6 Å². The summed E-state index contributed by atoms with van der Waals surface area (Å²) in [5.74, 6) is -0.0594. The predicted octanol–water partition coefficient (Wildman–Crippen LogP) is 1.91. The number of nitrogens with one attached hydrogen (secondary N) is 1. The summed E-state index contributed by atoms with van der Waals surface area (Å²) in [6.07, 6.45) is 0. The van der Waals surface area contributed by atoms with E-state index in [0.29, 0.717) is 10.6 Å². The highest BCUT2D eigenvalue weighted by Crippen LogP contribution is 2.29. The maximum absolute atomic E-state index is 11.8. The summed E-state index contributed by atoms with van der Waals surface area (Å²) in [5, 5.41) is 3.56. The Bertz CT molecular complexity index is 311. The Kier molecular flexibility index (Phi) is 3.25. The lowest BCUT2D eigenvalue weighted by Crippen LogP contribution is -2.00. The van der Waals surface area contributed by atoms with Crippen molar-refractivity contribution in [1.82, 2.24) is 0 Å². The van der Waals surface area contributed by atoms with Gasteiger partial charge in [0.1, 0.15) is 6.67 Å². The van der Waals surface area contributed by atoms with Gasteiger partial charge in [0.15, 0.2) is 5.78 Å². The lowest BCUT2D eigenvalue weighted by atomic mass is 10.3. The van der Waals surface area contributed by atoms with Crippen molar-refractivity contribution < 1.29 is 9.18 Å². The first kappa shape index (κ1) is 9.98. The molecule has 1 aromatic rings. The molecule has 5 heteroatoms. The summed E-state index contributed by atoms with van der Waals surface area (Å²) >= 11 is 1.26. The summed E-state index contributed by atoms with van der Waals surface area (Å²) < 4.78 is 11.8. The standard InChI is InChI=1S/C8H11FN2OS/c1-5(12)8-6(10)4-7(13-8)11-3-2-9/h4,11H,2-3,10H2,1H3. The topological polar surface area (TPSA) is 55.1 Å². The van der Waals surface area contributed by atoms with E-state index in [1.54, 1.807) is 6.07 Å². The fraction of sp³-hybridized carbons (Fsp3) is 0.375. The quantitative estimate of drug-likeness (QED) is 0.733. The molecule has 13 heavy (non-hydrogen) atoms. The van der Waals surface area contributed by atoms with Gasteiger partial charge < -0.3 is 11.1 Å². The number of carbonyl (C=O) groups is 1. The van der Waals surface area contributed by atoms with Crippen LogP contribution < -0.4 is 11.1 Å². The fourth-order valence-corrected chi connectivity index (χ4v) is 1.84. The highest BCUT2D eigenvalue weighted by molar-refractivity contribution is 7.18. The molecule has 72 valence electrons. The van der Waals surface area contributed by atoms with E-state index in [4.69, 9.17) is 5.73 Å². The number of nitrogen functional groups attached to an aromatic ring is 1. The van der Waals surface area contributed by atoms with Gasteiger partial charge in [-0.15, -0.1) is 11.3 Å². The van der Waals surface area contributed by atoms with Crippen LogP contribution in [0.5, 0.6) is 0 Å².